The van der Waals surface area contributed by atoms with Gasteiger partial charge in [0.1, 0.15) is 5.03 Å². The summed E-state index contributed by atoms with van der Waals surface area (Å²) in [7, 11) is 1.39. The molecule has 3 aromatic rings. The first-order valence-corrected chi connectivity index (χ1v) is 10.4. The number of benzene rings is 2. The van der Waals surface area contributed by atoms with Crippen molar-refractivity contribution >= 4 is 47.1 Å². The van der Waals surface area contributed by atoms with Crippen LogP contribution in [0.5, 0.6) is 0 Å². The molecule has 0 unspecified atom stereocenters. The van der Waals surface area contributed by atoms with Gasteiger partial charge in [-0.3, -0.25) is 4.68 Å². The van der Waals surface area contributed by atoms with Crippen LogP contribution in [0, 0.1) is 0 Å². The molecule has 0 radical (unpaired) electrons. The van der Waals surface area contributed by atoms with Gasteiger partial charge in [0.2, 0.25) is 0 Å². The molecule has 0 spiro atoms. The molecule has 0 aliphatic rings. The minimum Gasteiger partial charge on any atom is -0.313 e. The fourth-order valence-electron chi connectivity index (χ4n) is 2.59. The van der Waals surface area contributed by atoms with E-state index < -0.39 is 17.8 Å². The number of rotatable bonds is 6. The van der Waals surface area contributed by atoms with E-state index in [1.54, 1.807) is 36.4 Å². The molecule has 31 heavy (non-hydrogen) atoms. The molecule has 11 heteroatoms. The van der Waals surface area contributed by atoms with Gasteiger partial charge in [0, 0.05) is 17.8 Å². The van der Waals surface area contributed by atoms with Crippen LogP contribution in [-0.4, -0.2) is 22.0 Å². The van der Waals surface area contributed by atoms with Gasteiger partial charge < -0.3 is 4.84 Å². The molecule has 0 saturated heterocycles. The number of halogens is 5. The van der Waals surface area contributed by atoms with E-state index in [0.717, 1.165) is 28.2 Å². The molecule has 0 fully saturated rings. The molecule has 1 heterocycles. The average molecular weight is 488 g/mol. The number of aryl methyl sites for hydroxylation is 1. The molecule has 0 aliphatic heterocycles. The second-order valence-corrected chi connectivity index (χ2v) is 7.94. The van der Waals surface area contributed by atoms with Crippen molar-refractivity contribution in [1.29, 1.82) is 0 Å². The van der Waals surface area contributed by atoms with Crippen LogP contribution in [0.15, 0.2) is 58.7 Å². The summed E-state index contributed by atoms with van der Waals surface area (Å²) in [6, 6.07) is 13.1. The van der Waals surface area contributed by atoms with Crippen molar-refractivity contribution in [2.24, 2.45) is 12.2 Å². The summed E-state index contributed by atoms with van der Waals surface area (Å²) in [6.07, 6.45) is -3.91. The molecular formula is C20H14Cl2F3N3O2S. The van der Waals surface area contributed by atoms with Crippen molar-refractivity contribution in [2.75, 3.05) is 0 Å². The van der Waals surface area contributed by atoms with Gasteiger partial charge in [-0.25, -0.2) is 4.79 Å². The van der Waals surface area contributed by atoms with Crippen LogP contribution in [0.4, 0.5) is 13.2 Å². The van der Waals surface area contributed by atoms with E-state index in [1.807, 2.05) is 0 Å². The molecule has 0 N–H and O–H groups in total. The van der Waals surface area contributed by atoms with Crippen LogP contribution in [0.1, 0.15) is 27.2 Å². The number of carbonyl (C=O) groups is 1. The largest absolute Gasteiger partial charge is 0.435 e. The lowest BCUT2D eigenvalue weighted by atomic mass is 10.2. The topological polar surface area (TPSA) is 56.5 Å². The van der Waals surface area contributed by atoms with Crippen LogP contribution in [0.2, 0.25) is 10.0 Å². The summed E-state index contributed by atoms with van der Waals surface area (Å²) >= 11 is 13.1. The molecule has 3 rings (SSSR count). The second kappa shape index (κ2) is 9.76. The Labute approximate surface area is 189 Å². The van der Waals surface area contributed by atoms with Crippen molar-refractivity contribution in [3.8, 4) is 0 Å². The Morgan fingerprint density at radius 2 is 1.81 bits per heavy atom. The van der Waals surface area contributed by atoms with Crippen LogP contribution in [0.25, 0.3) is 0 Å². The predicted octanol–water partition coefficient (Wildman–Crippen LogP) is 6.23. The highest BCUT2D eigenvalue weighted by Crippen LogP contribution is 2.36. The summed E-state index contributed by atoms with van der Waals surface area (Å²) < 4.78 is 41.5. The SMILES string of the molecule is Cn1nc(C(F)(F)F)c(/C=N\OC(=O)c2ccccc2Cl)c1SCc1ccccc1Cl. The summed E-state index contributed by atoms with van der Waals surface area (Å²) in [5, 5.41) is 7.84. The lowest BCUT2D eigenvalue weighted by Gasteiger charge is -2.06. The fourth-order valence-corrected chi connectivity index (χ4v) is 4.16. The Hall–Kier alpha value is -2.49. The van der Waals surface area contributed by atoms with Gasteiger partial charge in [-0.15, -0.1) is 11.8 Å². The van der Waals surface area contributed by atoms with Gasteiger partial charge in [-0.2, -0.15) is 18.3 Å². The first-order chi connectivity index (χ1) is 14.7. The van der Waals surface area contributed by atoms with Crippen molar-refractivity contribution in [2.45, 2.75) is 17.0 Å². The number of oxime groups is 1. The van der Waals surface area contributed by atoms with Crippen molar-refractivity contribution < 1.29 is 22.8 Å². The van der Waals surface area contributed by atoms with Crippen molar-refractivity contribution in [1.82, 2.24) is 9.78 Å². The average Bonchev–Trinajstić information content (AvgIpc) is 3.03. The van der Waals surface area contributed by atoms with Gasteiger partial charge >= 0.3 is 12.1 Å². The first kappa shape index (κ1) is 23.2. The third-order valence-electron chi connectivity index (χ3n) is 4.03. The van der Waals surface area contributed by atoms with E-state index in [-0.39, 0.29) is 21.2 Å². The normalized spacial score (nSPS) is 11.8. The van der Waals surface area contributed by atoms with E-state index in [1.165, 1.54) is 19.2 Å². The molecular weight excluding hydrogens is 474 g/mol. The van der Waals surface area contributed by atoms with Crippen LogP contribution in [-0.2, 0) is 23.8 Å². The zero-order valence-corrected chi connectivity index (χ0v) is 18.2. The predicted molar refractivity (Wildman–Crippen MR) is 114 cm³/mol. The molecule has 0 saturated carbocycles. The monoisotopic (exact) mass is 487 g/mol. The Kier molecular flexibility index (Phi) is 7.30. The first-order valence-electron chi connectivity index (χ1n) is 8.68. The Morgan fingerprint density at radius 1 is 1.16 bits per heavy atom. The molecule has 0 bridgehead atoms. The highest BCUT2D eigenvalue weighted by molar-refractivity contribution is 7.98. The maximum absolute atomic E-state index is 13.5. The molecule has 0 amide bonds. The number of alkyl halides is 3. The minimum atomic E-state index is -4.73. The summed E-state index contributed by atoms with van der Waals surface area (Å²) in [5.41, 5.74) is -0.679. The molecule has 162 valence electrons. The highest BCUT2D eigenvalue weighted by atomic mass is 35.5. The van der Waals surface area contributed by atoms with Gasteiger partial charge in [0.25, 0.3) is 0 Å². The zero-order valence-electron chi connectivity index (χ0n) is 15.9. The Morgan fingerprint density at radius 3 is 2.45 bits per heavy atom. The van der Waals surface area contributed by atoms with Gasteiger partial charge in [-0.05, 0) is 23.8 Å². The second-order valence-electron chi connectivity index (χ2n) is 6.16. The number of hydrogen-bond donors (Lipinski definition) is 0. The van der Waals surface area contributed by atoms with Crippen LogP contribution in [0.3, 0.4) is 0 Å². The molecule has 5 nitrogen and oxygen atoms in total. The zero-order chi connectivity index (χ0) is 22.6. The van der Waals surface area contributed by atoms with E-state index >= 15 is 0 Å². The quantitative estimate of drug-likeness (QED) is 0.179. The highest BCUT2D eigenvalue weighted by Gasteiger charge is 2.38. The lowest BCUT2D eigenvalue weighted by Crippen LogP contribution is -2.09. The van der Waals surface area contributed by atoms with Crippen LogP contribution < -0.4 is 0 Å². The molecule has 1 aromatic heterocycles. The summed E-state index contributed by atoms with van der Waals surface area (Å²) in [5.74, 6) is -0.596. The Bertz CT molecular complexity index is 1130. The van der Waals surface area contributed by atoms with Crippen molar-refractivity contribution in [3.05, 3.63) is 81.0 Å². The number of nitrogens with zero attached hydrogens (tertiary/aromatic N) is 3. The fraction of sp³-hybridized carbons (Fsp3) is 0.150. The molecule has 2 aromatic carbocycles. The van der Waals surface area contributed by atoms with E-state index in [2.05, 4.69) is 10.3 Å². The third kappa shape index (κ3) is 5.61. The van der Waals surface area contributed by atoms with Gasteiger partial charge in [0.05, 0.1) is 22.4 Å². The smallest absolute Gasteiger partial charge is 0.313 e. The van der Waals surface area contributed by atoms with Gasteiger partial charge in [-0.1, -0.05) is 58.7 Å². The molecule has 0 aliphatic carbocycles. The van der Waals surface area contributed by atoms with Crippen LogP contribution >= 0.6 is 35.0 Å². The Balaban J connectivity index is 1.86. The van der Waals surface area contributed by atoms with Crippen molar-refractivity contribution in [3.63, 3.8) is 0 Å². The third-order valence-corrected chi connectivity index (χ3v) is 5.94. The van der Waals surface area contributed by atoms with Gasteiger partial charge in [0.15, 0.2) is 5.69 Å². The minimum absolute atomic E-state index is 0.0388. The number of hydrogen-bond acceptors (Lipinski definition) is 5. The number of aromatic nitrogens is 2. The summed E-state index contributed by atoms with van der Waals surface area (Å²) in [6.45, 7) is 0. The maximum Gasteiger partial charge on any atom is 0.435 e. The number of thioether (sulfide) groups is 1. The maximum atomic E-state index is 13.5. The standard InChI is InChI=1S/C20H14Cl2F3N3O2S/c1-28-18(31-11-12-6-2-4-8-15(12)21)14(17(27-28)20(23,24)25)10-26-30-19(29)13-7-3-5-9-16(13)22/h2-10H,11H2,1H3/b26-10-. The van der Waals surface area contributed by atoms with E-state index in [0.29, 0.717) is 10.8 Å². The van der Waals surface area contributed by atoms with E-state index in [9.17, 15) is 18.0 Å². The lowest BCUT2D eigenvalue weighted by molar-refractivity contribution is -0.141. The number of carbonyl (C=O) groups excluding carboxylic acids is 1. The summed E-state index contributed by atoms with van der Waals surface area (Å²) in [4.78, 5) is 16.8. The van der Waals surface area contributed by atoms with E-state index in [4.69, 9.17) is 28.0 Å². The molecule has 0 atom stereocenters.